The molecule has 11 nitrogen and oxygen atoms in total. The highest BCUT2D eigenvalue weighted by Crippen LogP contribution is 2.30. The normalized spacial score (nSPS) is 24.7. The van der Waals surface area contributed by atoms with Gasteiger partial charge in [0.15, 0.2) is 12.2 Å². The topological polar surface area (TPSA) is 144 Å². The molecular weight excluding hydrogens is 483 g/mol. The second-order valence-electron chi connectivity index (χ2n) is 8.79. The predicted molar refractivity (Wildman–Crippen MR) is 109 cm³/mol. The Hall–Kier alpha value is -2.90. The van der Waals surface area contributed by atoms with Crippen LogP contribution in [-0.2, 0) is 47.7 Å². The van der Waals surface area contributed by atoms with Gasteiger partial charge >= 0.3 is 36.0 Å². The molecule has 1 aliphatic rings. The van der Waals surface area contributed by atoms with Gasteiger partial charge in [0.2, 0.25) is 0 Å². The molecule has 35 heavy (non-hydrogen) atoms. The van der Waals surface area contributed by atoms with Crippen molar-refractivity contribution in [2.75, 3.05) is 6.61 Å². The average molecular weight is 513 g/mol. The van der Waals surface area contributed by atoms with Crippen LogP contribution in [0.5, 0.6) is 0 Å². The lowest BCUT2D eigenvalue weighted by atomic mass is 9.89. The summed E-state index contributed by atoms with van der Waals surface area (Å²) in [6.07, 6.45) is -11.8. The minimum absolute atomic E-state index is 0.279. The summed E-state index contributed by atoms with van der Waals surface area (Å²) in [6.45, 7) is 7.36. The van der Waals surface area contributed by atoms with Crippen molar-refractivity contribution in [3.05, 3.63) is 0 Å². The number of esters is 4. The molecule has 1 saturated heterocycles. The Bertz CT molecular complexity index is 808. The number of amides is 1. The van der Waals surface area contributed by atoms with E-state index in [1.165, 1.54) is 0 Å². The number of nitrogens with one attached hydrogen (secondary N) is 1. The Morgan fingerprint density at radius 2 is 1.40 bits per heavy atom. The maximum Gasteiger partial charge on any atom is 0.471 e. The molecule has 0 radical (unpaired) electrons. The van der Waals surface area contributed by atoms with E-state index in [4.69, 9.17) is 23.7 Å². The molecule has 1 rings (SSSR count). The molecule has 1 fully saturated rings. The molecule has 14 heteroatoms. The van der Waals surface area contributed by atoms with Crippen LogP contribution < -0.4 is 5.32 Å². The first-order valence-corrected chi connectivity index (χ1v) is 10.6. The molecule has 1 amide bonds. The van der Waals surface area contributed by atoms with Crippen molar-refractivity contribution in [3.63, 3.8) is 0 Å². The highest BCUT2D eigenvalue weighted by molar-refractivity contribution is 5.82. The van der Waals surface area contributed by atoms with Gasteiger partial charge in [0.1, 0.15) is 18.3 Å². The number of rotatable bonds is 8. The van der Waals surface area contributed by atoms with Gasteiger partial charge in [-0.1, -0.05) is 0 Å². The molecule has 200 valence electrons. The molecule has 0 saturated carbocycles. The second kappa shape index (κ2) is 12.2. The molecule has 1 N–H and O–H groups in total. The number of ether oxygens (including phenoxy) is 5. The summed E-state index contributed by atoms with van der Waals surface area (Å²) in [7, 11) is 0. The summed E-state index contributed by atoms with van der Waals surface area (Å²) in [4.78, 5) is 58.7. The molecule has 0 bridgehead atoms. The maximum absolute atomic E-state index is 13.0. The fourth-order valence-electron chi connectivity index (χ4n) is 3.32. The number of carbonyl (C=O) groups is 5. The summed E-state index contributed by atoms with van der Waals surface area (Å²) < 4.78 is 65.2. The van der Waals surface area contributed by atoms with Gasteiger partial charge in [-0.15, -0.1) is 0 Å². The quantitative estimate of drug-likeness (QED) is 0.373. The van der Waals surface area contributed by atoms with E-state index in [-0.39, 0.29) is 12.8 Å². The number of hydrogen-bond donors (Lipinski definition) is 1. The maximum atomic E-state index is 13.0. The van der Waals surface area contributed by atoms with Crippen LogP contribution in [0.4, 0.5) is 13.2 Å². The van der Waals surface area contributed by atoms with E-state index in [0.29, 0.717) is 0 Å². The van der Waals surface area contributed by atoms with Crippen LogP contribution in [0.3, 0.4) is 0 Å². The largest absolute Gasteiger partial charge is 0.471 e. The molecule has 0 aromatic rings. The van der Waals surface area contributed by atoms with E-state index in [2.05, 4.69) is 0 Å². The molecule has 0 aliphatic carbocycles. The lowest BCUT2D eigenvalue weighted by Crippen LogP contribution is -2.67. The minimum atomic E-state index is -5.30. The SMILES string of the molecule is CC(=O)OC[C@H]1O[C@H](CCC(=O)OC(C)(C)C)[C@H](NC(=O)C(F)(F)F)[C@@H](OC(C)=O)[C@@H]1OC(C)=O. The summed E-state index contributed by atoms with van der Waals surface area (Å²) in [6, 6.07) is -1.69. The summed E-state index contributed by atoms with van der Waals surface area (Å²) in [5, 5.41) is 1.71. The molecular formula is C21H30F3NO10. The Labute approximate surface area is 199 Å². The Morgan fingerprint density at radius 1 is 0.857 bits per heavy atom. The predicted octanol–water partition coefficient (Wildman–Crippen LogP) is 1.35. The van der Waals surface area contributed by atoms with Gasteiger partial charge in [-0.3, -0.25) is 24.0 Å². The van der Waals surface area contributed by atoms with Crippen LogP contribution in [0.15, 0.2) is 0 Å². The molecule has 0 aromatic heterocycles. The zero-order valence-corrected chi connectivity index (χ0v) is 20.2. The summed E-state index contributed by atoms with van der Waals surface area (Å²) in [5.74, 6) is -5.68. The number of hydrogen-bond acceptors (Lipinski definition) is 10. The Morgan fingerprint density at radius 3 is 1.86 bits per heavy atom. The monoisotopic (exact) mass is 513 g/mol. The van der Waals surface area contributed by atoms with Crippen molar-refractivity contribution in [2.45, 2.75) is 96.6 Å². The Balaban J connectivity index is 3.38. The third-order valence-corrected chi connectivity index (χ3v) is 4.46. The van der Waals surface area contributed by atoms with Crippen molar-refractivity contribution in [1.29, 1.82) is 0 Å². The van der Waals surface area contributed by atoms with Crippen LogP contribution in [0.1, 0.15) is 54.4 Å². The third kappa shape index (κ3) is 10.5. The first kappa shape index (κ1) is 30.1. The summed E-state index contributed by atoms with van der Waals surface area (Å²) in [5.41, 5.74) is -0.840. The van der Waals surface area contributed by atoms with Gasteiger partial charge in [0, 0.05) is 27.2 Å². The van der Waals surface area contributed by atoms with E-state index < -0.39 is 78.6 Å². The smallest absolute Gasteiger partial charge is 0.463 e. The number of carbonyl (C=O) groups excluding carboxylic acids is 5. The van der Waals surface area contributed by atoms with Crippen molar-refractivity contribution in [2.24, 2.45) is 0 Å². The molecule has 1 aliphatic heterocycles. The van der Waals surface area contributed by atoms with Crippen LogP contribution >= 0.6 is 0 Å². The van der Waals surface area contributed by atoms with Gasteiger partial charge in [0.05, 0.1) is 12.1 Å². The van der Waals surface area contributed by atoms with E-state index in [1.54, 1.807) is 26.1 Å². The third-order valence-electron chi connectivity index (χ3n) is 4.46. The van der Waals surface area contributed by atoms with Crippen LogP contribution in [-0.4, -0.2) is 78.6 Å². The number of alkyl halides is 3. The molecule has 0 spiro atoms. The molecule has 5 atom stereocenters. The van der Waals surface area contributed by atoms with Crippen molar-refractivity contribution in [3.8, 4) is 0 Å². The lowest BCUT2D eigenvalue weighted by molar-refractivity contribution is -0.227. The van der Waals surface area contributed by atoms with Gasteiger partial charge in [-0.25, -0.2) is 0 Å². The van der Waals surface area contributed by atoms with Crippen molar-refractivity contribution >= 4 is 29.8 Å². The minimum Gasteiger partial charge on any atom is -0.463 e. The lowest BCUT2D eigenvalue weighted by Gasteiger charge is -2.45. The number of halogens is 3. The van der Waals surface area contributed by atoms with Gasteiger partial charge < -0.3 is 29.0 Å². The first-order valence-electron chi connectivity index (χ1n) is 10.6. The molecule has 1 heterocycles. The van der Waals surface area contributed by atoms with Crippen LogP contribution in [0.2, 0.25) is 0 Å². The highest BCUT2D eigenvalue weighted by Gasteiger charge is 2.52. The van der Waals surface area contributed by atoms with E-state index >= 15 is 0 Å². The average Bonchev–Trinajstić information content (AvgIpc) is 2.65. The Kier molecular flexibility index (Phi) is 10.5. The van der Waals surface area contributed by atoms with Crippen LogP contribution in [0, 0.1) is 0 Å². The van der Waals surface area contributed by atoms with E-state index in [0.717, 1.165) is 20.8 Å². The van der Waals surface area contributed by atoms with Gasteiger partial charge in [-0.05, 0) is 27.2 Å². The second-order valence-corrected chi connectivity index (χ2v) is 8.79. The van der Waals surface area contributed by atoms with E-state index in [1.807, 2.05) is 0 Å². The van der Waals surface area contributed by atoms with Crippen molar-refractivity contribution in [1.82, 2.24) is 5.32 Å². The van der Waals surface area contributed by atoms with E-state index in [9.17, 15) is 37.1 Å². The molecule has 0 aromatic carbocycles. The highest BCUT2D eigenvalue weighted by atomic mass is 19.4. The standard InChI is InChI=1S/C21H30F3NO10/c1-10(26)31-9-14-17(32-11(2)27)18(33-12(3)28)16(25-19(30)21(22,23)24)13(34-14)7-8-15(29)35-20(4,5)6/h13-14,16-18H,7-9H2,1-6H3,(H,25,30)/t13-,14-,16+,17-,18-/m1/s1. The summed E-state index contributed by atoms with van der Waals surface area (Å²) >= 11 is 0. The van der Waals surface area contributed by atoms with Crippen LogP contribution in [0.25, 0.3) is 0 Å². The van der Waals surface area contributed by atoms with Gasteiger partial charge in [-0.2, -0.15) is 13.2 Å². The fourth-order valence-corrected chi connectivity index (χ4v) is 3.32. The zero-order chi connectivity index (χ0) is 27.1. The molecule has 0 unspecified atom stereocenters. The zero-order valence-electron chi connectivity index (χ0n) is 20.2. The first-order chi connectivity index (χ1) is 15.9. The van der Waals surface area contributed by atoms with Gasteiger partial charge in [0.25, 0.3) is 0 Å². The van der Waals surface area contributed by atoms with Crippen molar-refractivity contribution < 1.29 is 60.8 Å². The fraction of sp³-hybridized carbons (Fsp3) is 0.762.